The summed E-state index contributed by atoms with van der Waals surface area (Å²) in [5.41, 5.74) is 4.23. The molecule has 14 heteroatoms. The van der Waals surface area contributed by atoms with E-state index in [1.165, 1.54) is 4.90 Å². The molecule has 2 aromatic carbocycles. The number of para-hydroxylation sites is 2. The molecule has 1 unspecified atom stereocenters. The van der Waals surface area contributed by atoms with Gasteiger partial charge in [0.15, 0.2) is 0 Å². The first-order valence-corrected chi connectivity index (χ1v) is 17.2. The fourth-order valence-corrected chi connectivity index (χ4v) is 6.61. The molecule has 4 amide bonds. The van der Waals surface area contributed by atoms with Crippen LogP contribution in [-0.4, -0.2) is 105 Å². The second kappa shape index (κ2) is 16.0. The molecule has 2 aliphatic rings. The number of amides is 4. The number of aromatic nitrogens is 4. The highest BCUT2D eigenvalue weighted by Crippen LogP contribution is 2.36. The minimum atomic E-state index is -0.479. The monoisotopic (exact) mass is 684 g/mol. The topological polar surface area (TPSA) is 153 Å². The molecule has 264 valence electrons. The van der Waals surface area contributed by atoms with Gasteiger partial charge >= 0.3 is 0 Å². The lowest BCUT2D eigenvalue weighted by Crippen LogP contribution is -2.45. The molecule has 6 rings (SSSR count). The number of hydrogen-bond donors (Lipinski definition) is 2. The zero-order valence-electron chi connectivity index (χ0n) is 28.6. The van der Waals surface area contributed by atoms with Gasteiger partial charge in [0.1, 0.15) is 30.8 Å². The molecule has 2 aliphatic heterocycles. The summed E-state index contributed by atoms with van der Waals surface area (Å²) in [5, 5.41) is 5.81. The third-order valence-corrected chi connectivity index (χ3v) is 9.07. The molecule has 0 aliphatic carbocycles. The van der Waals surface area contributed by atoms with E-state index in [-0.39, 0.29) is 62.8 Å². The highest BCUT2D eigenvalue weighted by molar-refractivity contribution is 5.85. The Morgan fingerprint density at radius 3 is 2.68 bits per heavy atom. The normalized spacial score (nSPS) is 17.5. The zero-order valence-corrected chi connectivity index (χ0v) is 28.6. The van der Waals surface area contributed by atoms with Crippen molar-refractivity contribution in [3.8, 4) is 5.75 Å². The summed E-state index contributed by atoms with van der Waals surface area (Å²) in [5.74, 6) is 0.557. The number of nitrogens with zero attached hydrogens (tertiary/aromatic N) is 6. The van der Waals surface area contributed by atoms with E-state index in [1.807, 2.05) is 71.5 Å². The zero-order chi connectivity index (χ0) is 35.0. The average Bonchev–Trinajstić information content (AvgIpc) is 3.67. The summed E-state index contributed by atoms with van der Waals surface area (Å²) < 4.78 is 15.3. The molecule has 0 spiro atoms. The highest BCUT2D eigenvalue weighted by Gasteiger charge is 2.35. The number of hydrogen-bond acceptors (Lipinski definition) is 8. The van der Waals surface area contributed by atoms with Crippen molar-refractivity contribution < 1.29 is 28.7 Å². The van der Waals surface area contributed by atoms with Crippen LogP contribution in [0.1, 0.15) is 48.6 Å². The maximum Gasteiger partial charge on any atom is 0.249 e. The number of nitrogens with one attached hydrogen (secondary N) is 2. The molecule has 1 atom stereocenters. The van der Waals surface area contributed by atoms with Gasteiger partial charge in [-0.25, -0.2) is 9.97 Å². The van der Waals surface area contributed by atoms with Crippen molar-refractivity contribution in [1.29, 1.82) is 0 Å². The lowest BCUT2D eigenvalue weighted by Gasteiger charge is -2.36. The van der Waals surface area contributed by atoms with Gasteiger partial charge in [0.2, 0.25) is 23.6 Å². The predicted molar refractivity (Wildman–Crippen MR) is 184 cm³/mol. The molecule has 0 radical (unpaired) electrons. The van der Waals surface area contributed by atoms with Crippen molar-refractivity contribution in [3.63, 3.8) is 0 Å². The summed E-state index contributed by atoms with van der Waals surface area (Å²) in [4.78, 5) is 65.5. The number of carbonyl (C=O) groups is 4. The van der Waals surface area contributed by atoms with Gasteiger partial charge in [-0.3, -0.25) is 19.2 Å². The Kier molecular flexibility index (Phi) is 11.1. The Labute approximate surface area is 290 Å². The number of rotatable bonds is 6. The summed E-state index contributed by atoms with van der Waals surface area (Å²) in [6, 6.07) is 14.9. The first-order valence-electron chi connectivity index (χ1n) is 17.2. The molecule has 50 heavy (non-hydrogen) atoms. The molecule has 4 heterocycles. The third-order valence-electron chi connectivity index (χ3n) is 9.07. The van der Waals surface area contributed by atoms with E-state index in [2.05, 4.69) is 15.6 Å². The summed E-state index contributed by atoms with van der Waals surface area (Å²) in [6.07, 6.45) is 2.88. The van der Waals surface area contributed by atoms with Crippen molar-refractivity contribution >= 4 is 34.7 Å². The fraction of sp³-hybridized carbons (Fsp3) is 0.444. The number of carbonyl (C=O) groups excluding carboxylic acids is 4. The van der Waals surface area contributed by atoms with Crippen LogP contribution in [0.3, 0.4) is 0 Å². The molecule has 2 aromatic heterocycles. The molecular weight excluding hydrogens is 640 g/mol. The Balaban J connectivity index is 1.19. The SMILES string of the molecule is CCOCC(=O)N1CCc2c3ncn2CC(=O)NCCN(C(=O)CCn2c(C)nc4ccccc42)CC(=O)NCCCOc2cccc(c2)C31. The van der Waals surface area contributed by atoms with Crippen LogP contribution in [-0.2, 0) is 43.4 Å². The molecule has 0 fully saturated rings. The van der Waals surface area contributed by atoms with E-state index < -0.39 is 6.04 Å². The van der Waals surface area contributed by atoms with Gasteiger partial charge < -0.3 is 39.0 Å². The van der Waals surface area contributed by atoms with Crippen molar-refractivity contribution in [3.05, 3.63) is 77.6 Å². The fourth-order valence-electron chi connectivity index (χ4n) is 6.61. The van der Waals surface area contributed by atoms with E-state index in [9.17, 15) is 19.2 Å². The first-order chi connectivity index (χ1) is 24.3. The highest BCUT2D eigenvalue weighted by atomic mass is 16.5. The van der Waals surface area contributed by atoms with Crippen molar-refractivity contribution in [1.82, 2.24) is 39.5 Å². The quantitative estimate of drug-likeness (QED) is 0.313. The third kappa shape index (κ3) is 7.96. The van der Waals surface area contributed by atoms with Crippen molar-refractivity contribution in [2.45, 2.75) is 52.2 Å². The van der Waals surface area contributed by atoms with Gasteiger partial charge in [-0.2, -0.15) is 0 Å². The van der Waals surface area contributed by atoms with Crippen LogP contribution in [0.4, 0.5) is 0 Å². The maximum absolute atomic E-state index is 13.5. The Morgan fingerprint density at radius 2 is 1.82 bits per heavy atom. The van der Waals surface area contributed by atoms with Crippen LogP contribution >= 0.6 is 0 Å². The van der Waals surface area contributed by atoms with Crippen LogP contribution in [0.2, 0.25) is 0 Å². The molecule has 4 aromatic rings. The number of imidazole rings is 2. The number of fused-ring (bicyclic) bond motifs is 4. The van der Waals surface area contributed by atoms with Crippen LogP contribution in [0.5, 0.6) is 5.75 Å². The van der Waals surface area contributed by atoms with E-state index in [0.717, 1.165) is 28.1 Å². The van der Waals surface area contributed by atoms with Crippen molar-refractivity contribution in [2.75, 3.05) is 52.5 Å². The van der Waals surface area contributed by atoms with Gasteiger partial charge in [-0.1, -0.05) is 24.3 Å². The lowest BCUT2D eigenvalue weighted by molar-refractivity contribution is -0.138. The minimum absolute atomic E-state index is 0.0203. The summed E-state index contributed by atoms with van der Waals surface area (Å²) >= 11 is 0. The summed E-state index contributed by atoms with van der Waals surface area (Å²) in [7, 11) is 0. The van der Waals surface area contributed by atoms with Gasteiger partial charge in [0, 0.05) is 57.9 Å². The summed E-state index contributed by atoms with van der Waals surface area (Å²) in [6.45, 7) is 5.95. The Hall–Kier alpha value is -5.24. The predicted octanol–water partition coefficient (Wildman–Crippen LogP) is 1.99. The van der Waals surface area contributed by atoms with Crippen LogP contribution < -0.4 is 15.4 Å². The molecule has 0 saturated carbocycles. The van der Waals surface area contributed by atoms with E-state index in [4.69, 9.17) is 14.5 Å². The Bertz CT molecular complexity index is 1850. The van der Waals surface area contributed by atoms with Gasteiger partial charge in [0.25, 0.3) is 0 Å². The second-order valence-electron chi connectivity index (χ2n) is 12.4. The number of benzene rings is 2. The maximum atomic E-state index is 13.5. The van der Waals surface area contributed by atoms with Crippen LogP contribution in [0.25, 0.3) is 11.0 Å². The number of aryl methyl sites for hydroxylation is 2. The first kappa shape index (κ1) is 34.6. The molecule has 0 saturated heterocycles. The second-order valence-corrected chi connectivity index (χ2v) is 12.4. The van der Waals surface area contributed by atoms with Gasteiger partial charge in [0.05, 0.1) is 36.2 Å². The molecule has 14 nitrogen and oxygen atoms in total. The molecule has 6 bridgehead atoms. The van der Waals surface area contributed by atoms with E-state index in [0.29, 0.717) is 57.1 Å². The van der Waals surface area contributed by atoms with Crippen LogP contribution in [0, 0.1) is 6.92 Å². The Morgan fingerprint density at radius 1 is 1.00 bits per heavy atom. The minimum Gasteiger partial charge on any atom is -0.494 e. The van der Waals surface area contributed by atoms with E-state index >= 15 is 0 Å². The standard InChI is InChI=1S/C36H44N8O6/c1-3-49-23-34(48)44-16-12-30-35-36(44)26-8-6-9-27(20-26)50-19-7-14-37-31(45)21-41(18-15-38-32(46)22-42(30)24-39-35)33(47)13-17-43-25(2)40-28-10-4-5-11-29(28)43/h4-6,8-11,20,24,36H,3,7,12-19,21-23H2,1-2H3,(H,37,45)(H,38,46). The lowest BCUT2D eigenvalue weighted by atomic mass is 9.95. The molecule has 2 N–H and O–H groups in total. The number of ether oxygens (including phenoxy) is 2. The smallest absolute Gasteiger partial charge is 0.249 e. The van der Waals surface area contributed by atoms with E-state index in [1.54, 1.807) is 11.2 Å². The average molecular weight is 685 g/mol. The largest absolute Gasteiger partial charge is 0.494 e. The van der Waals surface area contributed by atoms with Gasteiger partial charge in [-0.05, 0) is 50.1 Å². The molecular formula is C36H44N8O6. The van der Waals surface area contributed by atoms with Gasteiger partial charge in [-0.15, -0.1) is 0 Å². The van der Waals surface area contributed by atoms with Crippen molar-refractivity contribution in [2.24, 2.45) is 0 Å². The van der Waals surface area contributed by atoms with Crippen LogP contribution in [0.15, 0.2) is 54.9 Å².